The normalized spacial score (nSPS) is 11.0. The Morgan fingerprint density at radius 3 is 2.50 bits per heavy atom. The molecule has 0 heterocycles. The third-order valence-electron chi connectivity index (χ3n) is 2.32. The second kappa shape index (κ2) is 7.06. The van der Waals surface area contributed by atoms with Crippen LogP contribution in [0.2, 0.25) is 0 Å². The minimum absolute atomic E-state index is 0.0285. The van der Waals surface area contributed by atoms with Gasteiger partial charge in [0.05, 0.1) is 5.69 Å². The fourth-order valence-corrected chi connectivity index (χ4v) is 1.47. The van der Waals surface area contributed by atoms with Crippen molar-refractivity contribution in [3.05, 3.63) is 23.8 Å². The maximum absolute atomic E-state index is 13.1. The predicted octanol–water partition coefficient (Wildman–Crippen LogP) is 2.52. The highest BCUT2D eigenvalue weighted by atomic mass is 19.1. The molecule has 0 aliphatic carbocycles. The van der Waals surface area contributed by atoms with Crippen molar-refractivity contribution in [2.75, 3.05) is 11.9 Å². The molecule has 1 aromatic rings. The first-order chi connectivity index (χ1) is 10.1. The number of anilines is 1. The van der Waals surface area contributed by atoms with Crippen LogP contribution in [0.25, 0.3) is 0 Å². The third-order valence-corrected chi connectivity index (χ3v) is 2.32. The Bertz CT molecular complexity index is 571. The zero-order chi connectivity index (χ0) is 16.9. The Kier molecular flexibility index (Phi) is 5.67. The summed E-state index contributed by atoms with van der Waals surface area (Å²) in [7, 11) is 0. The van der Waals surface area contributed by atoms with Crippen LogP contribution in [-0.2, 0) is 9.53 Å². The van der Waals surface area contributed by atoms with Crippen LogP contribution in [0.15, 0.2) is 12.1 Å². The highest BCUT2D eigenvalue weighted by Gasteiger charge is 2.16. The molecule has 22 heavy (non-hydrogen) atoms. The minimum atomic E-state index is -1.18. The van der Waals surface area contributed by atoms with E-state index in [1.807, 2.05) is 0 Å². The number of phenolic OH excluding ortho intramolecular Hbond substituents is 1. The number of hydrogen-bond acceptors (Lipinski definition) is 4. The molecule has 0 radical (unpaired) electrons. The van der Waals surface area contributed by atoms with Gasteiger partial charge < -0.3 is 20.5 Å². The quantitative estimate of drug-likeness (QED) is 0.745. The van der Waals surface area contributed by atoms with Gasteiger partial charge in [-0.25, -0.2) is 13.6 Å². The molecule has 0 unspecified atom stereocenters. The van der Waals surface area contributed by atoms with Crippen LogP contribution in [0, 0.1) is 11.6 Å². The molecule has 2 amide bonds. The van der Waals surface area contributed by atoms with Gasteiger partial charge >= 0.3 is 6.09 Å². The van der Waals surface area contributed by atoms with Crippen LogP contribution in [0.1, 0.15) is 27.2 Å². The van der Waals surface area contributed by atoms with Crippen molar-refractivity contribution in [2.24, 2.45) is 0 Å². The van der Waals surface area contributed by atoms with Gasteiger partial charge in [-0.2, -0.15) is 0 Å². The lowest BCUT2D eigenvalue weighted by atomic mass is 10.2. The summed E-state index contributed by atoms with van der Waals surface area (Å²) in [5, 5.41) is 13.9. The molecule has 0 aliphatic heterocycles. The highest BCUT2D eigenvalue weighted by Crippen LogP contribution is 2.27. The first-order valence-corrected chi connectivity index (χ1v) is 6.53. The molecule has 0 spiro atoms. The summed E-state index contributed by atoms with van der Waals surface area (Å²) in [6, 6.07) is 1.28. The summed E-state index contributed by atoms with van der Waals surface area (Å²) in [6.07, 6.45) is -0.837. The van der Waals surface area contributed by atoms with Crippen molar-refractivity contribution in [3.63, 3.8) is 0 Å². The number of nitrogens with one attached hydrogen (secondary N) is 2. The molecule has 8 heteroatoms. The van der Waals surface area contributed by atoms with E-state index in [4.69, 9.17) is 4.74 Å². The van der Waals surface area contributed by atoms with E-state index in [1.54, 1.807) is 20.8 Å². The summed E-state index contributed by atoms with van der Waals surface area (Å²) < 4.78 is 31.1. The van der Waals surface area contributed by atoms with Gasteiger partial charge in [-0.1, -0.05) is 0 Å². The zero-order valence-electron chi connectivity index (χ0n) is 12.5. The van der Waals surface area contributed by atoms with Crippen molar-refractivity contribution in [1.29, 1.82) is 0 Å². The molecule has 0 aliphatic rings. The number of benzene rings is 1. The number of ether oxygens (including phenoxy) is 1. The summed E-state index contributed by atoms with van der Waals surface area (Å²) in [5.41, 5.74) is -1.03. The topological polar surface area (TPSA) is 87.7 Å². The average Bonchev–Trinajstić information content (AvgIpc) is 2.33. The summed E-state index contributed by atoms with van der Waals surface area (Å²) in [4.78, 5) is 22.9. The molecule has 0 atom stereocenters. The lowest BCUT2D eigenvalue weighted by Crippen LogP contribution is -2.34. The number of alkyl carbamates (subject to hydrolysis) is 1. The molecule has 0 aromatic heterocycles. The number of phenols is 1. The van der Waals surface area contributed by atoms with Crippen LogP contribution in [0.4, 0.5) is 19.3 Å². The molecule has 1 aromatic carbocycles. The number of rotatable bonds is 4. The van der Waals surface area contributed by atoms with Crippen molar-refractivity contribution < 1.29 is 28.2 Å². The first-order valence-electron chi connectivity index (χ1n) is 6.53. The first kappa shape index (κ1) is 17.7. The summed E-state index contributed by atoms with van der Waals surface area (Å²) in [5.74, 6) is -3.59. The van der Waals surface area contributed by atoms with Gasteiger partial charge in [0.1, 0.15) is 11.4 Å². The van der Waals surface area contributed by atoms with Crippen LogP contribution in [0.3, 0.4) is 0 Å². The van der Waals surface area contributed by atoms with E-state index in [0.717, 1.165) is 6.07 Å². The van der Waals surface area contributed by atoms with Crippen molar-refractivity contribution in [2.45, 2.75) is 32.8 Å². The third kappa shape index (κ3) is 5.94. The van der Waals surface area contributed by atoms with Crippen LogP contribution in [-0.4, -0.2) is 29.3 Å². The highest BCUT2D eigenvalue weighted by molar-refractivity contribution is 5.92. The van der Waals surface area contributed by atoms with Gasteiger partial charge in [0.25, 0.3) is 0 Å². The molecule has 122 valence electrons. The van der Waals surface area contributed by atoms with Gasteiger partial charge in [-0.05, 0) is 20.8 Å². The number of carbonyl (C=O) groups is 2. The molecule has 0 fully saturated rings. The van der Waals surface area contributed by atoms with E-state index in [9.17, 15) is 23.5 Å². The molecular formula is C14H18F2N2O4. The molecular weight excluding hydrogens is 298 g/mol. The molecule has 0 saturated carbocycles. The standard InChI is InChI=1S/C14H18F2N2O4/c1-14(2,3)22-13(21)17-5-4-11(19)18-10-7-8(15)6-9(16)12(10)20/h6-7,20H,4-5H2,1-3H3,(H,17,21)(H,18,19). The molecule has 1 rings (SSSR count). The Balaban J connectivity index is 2.46. The van der Waals surface area contributed by atoms with Gasteiger partial charge in [-0.3, -0.25) is 4.79 Å². The van der Waals surface area contributed by atoms with Crippen molar-refractivity contribution >= 4 is 17.7 Å². The van der Waals surface area contributed by atoms with Gasteiger partial charge in [0.2, 0.25) is 5.91 Å². The van der Waals surface area contributed by atoms with Crippen LogP contribution >= 0.6 is 0 Å². The van der Waals surface area contributed by atoms with Crippen LogP contribution in [0.5, 0.6) is 5.75 Å². The van der Waals surface area contributed by atoms with Gasteiger partial charge in [0, 0.05) is 25.1 Å². The summed E-state index contributed by atoms with van der Waals surface area (Å²) >= 11 is 0. The fourth-order valence-electron chi connectivity index (χ4n) is 1.47. The van der Waals surface area contributed by atoms with E-state index in [-0.39, 0.29) is 18.7 Å². The van der Waals surface area contributed by atoms with Crippen molar-refractivity contribution in [1.82, 2.24) is 5.32 Å². The Morgan fingerprint density at radius 1 is 1.27 bits per heavy atom. The van der Waals surface area contributed by atoms with E-state index >= 15 is 0 Å². The van der Waals surface area contributed by atoms with E-state index in [2.05, 4.69) is 10.6 Å². The lowest BCUT2D eigenvalue weighted by Gasteiger charge is -2.19. The SMILES string of the molecule is CC(C)(C)OC(=O)NCCC(=O)Nc1cc(F)cc(F)c1O. The Labute approximate surface area is 126 Å². The smallest absolute Gasteiger partial charge is 0.407 e. The maximum Gasteiger partial charge on any atom is 0.407 e. The number of amides is 2. The molecule has 3 N–H and O–H groups in total. The molecule has 6 nitrogen and oxygen atoms in total. The predicted molar refractivity (Wildman–Crippen MR) is 75.5 cm³/mol. The largest absolute Gasteiger partial charge is 0.503 e. The number of aromatic hydroxyl groups is 1. The second-order valence-electron chi connectivity index (χ2n) is 5.51. The van der Waals surface area contributed by atoms with E-state index in [0.29, 0.717) is 6.07 Å². The van der Waals surface area contributed by atoms with Crippen molar-refractivity contribution in [3.8, 4) is 5.75 Å². The lowest BCUT2D eigenvalue weighted by molar-refractivity contribution is -0.116. The molecule has 0 bridgehead atoms. The number of halogens is 2. The maximum atomic E-state index is 13.1. The monoisotopic (exact) mass is 316 g/mol. The van der Waals surface area contributed by atoms with Gasteiger partial charge in [-0.15, -0.1) is 0 Å². The van der Waals surface area contributed by atoms with E-state index in [1.165, 1.54) is 0 Å². The Hall–Kier alpha value is -2.38. The van der Waals surface area contributed by atoms with E-state index < -0.39 is 35.0 Å². The summed E-state index contributed by atoms with van der Waals surface area (Å²) in [6.45, 7) is 5.06. The average molecular weight is 316 g/mol. The zero-order valence-corrected chi connectivity index (χ0v) is 12.5. The van der Waals surface area contributed by atoms with Gasteiger partial charge in [0.15, 0.2) is 11.6 Å². The fraction of sp³-hybridized carbons (Fsp3) is 0.429. The second-order valence-corrected chi connectivity index (χ2v) is 5.51. The Morgan fingerprint density at radius 2 is 1.91 bits per heavy atom. The number of carbonyl (C=O) groups excluding carboxylic acids is 2. The number of hydrogen-bond donors (Lipinski definition) is 3. The van der Waals surface area contributed by atoms with Crippen LogP contribution < -0.4 is 10.6 Å². The molecule has 0 saturated heterocycles. The minimum Gasteiger partial charge on any atom is -0.503 e.